The number of unbranched alkanes of at least 4 members (excludes halogenated alkanes) is 34. The Hall–Kier alpha value is -1.14. The van der Waals surface area contributed by atoms with E-state index in [2.05, 4.69) is 26.1 Å². The highest BCUT2D eigenvalue weighted by atomic mass is 16.5. The molecule has 1 amide bonds. The standard InChI is InChI=1S/C50H99NO5/c1-4-7-10-13-16-19-21-22-23-24-25-26-27-28-31-34-37-40-43-50(55)56-46(41-38-35-32-30-20-17-14-11-8-5-2)44-49(54)51-47(45-52)48(53)42-39-36-33-29-18-15-12-9-6-3/h46-48,52-53H,4-45H2,1-3H3,(H,51,54). The van der Waals surface area contributed by atoms with Gasteiger partial charge >= 0.3 is 5.97 Å². The largest absolute Gasteiger partial charge is 0.462 e. The van der Waals surface area contributed by atoms with Gasteiger partial charge in [-0.05, 0) is 25.7 Å². The van der Waals surface area contributed by atoms with Gasteiger partial charge < -0.3 is 20.3 Å². The van der Waals surface area contributed by atoms with E-state index < -0.39 is 18.2 Å². The second kappa shape index (κ2) is 45.0. The fraction of sp³-hybridized carbons (Fsp3) is 0.960. The summed E-state index contributed by atoms with van der Waals surface area (Å²) in [6.45, 7) is 6.48. The number of hydrogen-bond donors (Lipinski definition) is 3. The van der Waals surface area contributed by atoms with E-state index in [1.165, 1.54) is 199 Å². The summed E-state index contributed by atoms with van der Waals surface area (Å²) in [6.07, 6.45) is 47.4. The van der Waals surface area contributed by atoms with Crippen molar-refractivity contribution in [2.45, 2.75) is 302 Å². The minimum absolute atomic E-state index is 0.0869. The number of carbonyl (C=O) groups excluding carboxylic acids is 2. The predicted octanol–water partition coefficient (Wildman–Crippen LogP) is 14.8. The SMILES string of the molecule is CCCCCCCCCCCCCCCCCCCCC(=O)OC(CCCCCCCCCCCC)CC(=O)NC(CO)C(O)CCCCCCCCCCC. The Morgan fingerprint density at radius 2 is 0.750 bits per heavy atom. The van der Waals surface area contributed by atoms with Gasteiger partial charge in [-0.1, -0.05) is 245 Å². The molecule has 0 aliphatic heterocycles. The Labute approximate surface area is 349 Å². The third-order valence-corrected chi connectivity index (χ3v) is 11.9. The third kappa shape index (κ3) is 39.7. The molecule has 6 heteroatoms. The zero-order valence-corrected chi connectivity index (χ0v) is 38.0. The molecule has 0 rings (SSSR count). The highest BCUT2D eigenvalue weighted by Crippen LogP contribution is 2.18. The van der Waals surface area contributed by atoms with E-state index in [4.69, 9.17) is 4.74 Å². The lowest BCUT2D eigenvalue weighted by atomic mass is 10.0. The first-order valence-corrected chi connectivity index (χ1v) is 25.3. The quantitative estimate of drug-likeness (QED) is 0.0421. The molecule has 0 saturated heterocycles. The Kier molecular flexibility index (Phi) is 44.0. The third-order valence-electron chi connectivity index (χ3n) is 11.9. The summed E-state index contributed by atoms with van der Waals surface area (Å²) in [5.74, 6) is -0.455. The molecule has 0 fully saturated rings. The summed E-state index contributed by atoms with van der Waals surface area (Å²) in [5.41, 5.74) is 0. The zero-order valence-electron chi connectivity index (χ0n) is 38.0. The number of hydrogen-bond acceptors (Lipinski definition) is 5. The molecule has 0 saturated carbocycles. The van der Waals surface area contributed by atoms with Crippen molar-refractivity contribution < 1.29 is 24.5 Å². The van der Waals surface area contributed by atoms with Crippen molar-refractivity contribution in [3.63, 3.8) is 0 Å². The topological polar surface area (TPSA) is 95.9 Å². The Morgan fingerprint density at radius 1 is 0.446 bits per heavy atom. The highest BCUT2D eigenvalue weighted by Gasteiger charge is 2.24. The zero-order chi connectivity index (χ0) is 41.0. The van der Waals surface area contributed by atoms with Crippen LogP contribution >= 0.6 is 0 Å². The van der Waals surface area contributed by atoms with Gasteiger partial charge in [0.2, 0.25) is 5.91 Å². The van der Waals surface area contributed by atoms with Gasteiger partial charge in [-0.15, -0.1) is 0 Å². The normalized spacial score (nSPS) is 13.2. The van der Waals surface area contributed by atoms with Crippen LogP contribution in [0.25, 0.3) is 0 Å². The first-order valence-electron chi connectivity index (χ1n) is 25.3. The molecular weight excluding hydrogens is 695 g/mol. The Bertz CT molecular complexity index is 806. The summed E-state index contributed by atoms with van der Waals surface area (Å²) < 4.78 is 5.92. The summed E-state index contributed by atoms with van der Waals surface area (Å²) in [5, 5.41) is 23.6. The molecule has 3 unspecified atom stereocenters. The molecule has 0 aliphatic rings. The van der Waals surface area contributed by atoms with Gasteiger partial charge in [0.05, 0.1) is 25.2 Å². The number of aliphatic hydroxyl groups excluding tert-OH is 2. The van der Waals surface area contributed by atoms with E-state index in [1.807, 2.05) is 0 Å². The van der Waals surface area contributed by atoms with Gasteiger partial charge in [-0.2, -0.15) is 0 Å². The van der Waals surface area contributed by atoms with E-state index in [9.17, 15) is 19.8 Å². The molecule has 0 radical (unpaired) electrons. The summed E-state index contributed by atoms with van der Waals surface area (Å²) >= 11 is 0. The van der Waals surface area contributed by atoms with Gasteiger partial charge in [0.25, 0.3) is 0 Å². The Morgan fingerprint density at radius 3 is 1.09 bits per heavy atom. The molecule has 0 aromatic heterocycles. The molecular formula is C50H99NO5. The number of aliphatic hydroxyl groups is 2. The molecule has 0 spiro atoms. The van der Waals surface area contributed by atoms with Crippen LogP contribution in [0.4, 0.5) is 0 Å². The van der Waals surface area contributed by atoms with Crippen LogP contribution in [0.15, 0.2) is 0 Å². The lowest BCUT2D eigenvalue weighted by molar-refractivity contribution is -0.151. The molecule has 0 bridgehead atoms. The number of nitrogens with one attached hydrogen (secondary N) is 1. The van der Waals surface area contributed by atoms with Crippen LogP contribution in [-0.4, -0.2) is 46.9 Å². The van der Waals surface area contributed by atoms with E-state index in [1.54, 1.807) is 0 Å². The molecule has 0 heterocycles. The van der Waals surface area contributed by atoms with Gasteiger partial charge in [0, 0.05) is 6.42 Å². The van der Waals surface area contributed by atoms with Crippen LogP contribution in [0.2, 0.25) is 0 Å². The first-order chi connectivity index (χ1) is 27.5. The van der Waals surface area contributed by atoms with Crippen LogP contribution in [0, 0.1) is 0 Å². The van der Waals surface area contributed by atoms with Gasteiger partial charge in [0.1, 0.15) is 6.10 Å². The fourth-order valence-corrected chi connectivity index (χ4v) is 8.08. The van der Waals surface area contributed by atoms with Gasteiger partial charge in [-0.25, -0.2) is 0 Å². The predicted molar refractivity (Wildman–Crippen MR) is 241 cm³/mol. The average Bonchev–Trinajstić information content (AvgIpc) is 3.19. The molecule has 0 aliphatic carbocycles. The van der Waals surface area contributed by atoms with Crippen LogP contribution < -0.4 is 5.32 Å². The molecule has 334 valence electrons. The van der Waals surface area contributed by atoms with Crippen LogP contribution in [0.1, 0.15) is 284 Å². The molecule has 6 nitrogen and oxygen atoms in total. The van der Waals surface area contributed by atoms with Crippen LogP contribution in [0.5, 0.6) is 0 Å². The van der Waals surface area contributed by atoms with Crippen molar-refractivity contribution in [2.75, 3.05) is 6.61 Å². The number of rotatable bonds is 46. The fourth-order valence-electron chi connectivity index (χ4n) is 8.08. The van der Waals surface area contributed by atoms with Crippen molar-refractivity contribution in [1.29, 1.82) is 0 Å². The summed E-state index contributed by atoms with van der Waals surface area (Å²) in [6, 6.07) is -0.690. The molecule has 56 heavy (non-hydrogen) atoms. The van der Waals surface area contributed by atoms with Crippen molar-refractivity contribution in [2.24, 2.45) is 0 Å². The number of ether oxygens (including phenoxy) is 1. The summed E-state index contributed by atoms with van der Waals surface area (Å²) in [4.78, 5) is 26.0. The monoisotopic (exact) mass is 794 g/mol. The second-order valence-electron chi connectivity index (χ2n) is 17.6. The maximum atomic E-state index is 13.1. The number of esters is 1. The van der Waals surface area contributed by atoms with E-state index in [0.717, 1.165) is 38.5 Å². The van der Waals surface area contributed by atoms with Gasteiger partial charge in [-0.3, -0.25) is 9.59 Å². The van der Waals surface area contributed by atoms with Crippen molar-refractivity contribution >= 4 is 11.9 Å². The lowest BCUT2D eigenvalue weighted by Crippen LogP contribution is -2.46. The smallest absolute Gasteiger partial charge is 0.306 e. The minimum atomic E-state index is -0.777. The molecule has 0 aromatic carbocycles. The van der Waals surface area contributed by atoms with Crippen LogP contribution in [-0.2, 0) is 14.3 Å². The molecule has 3 N–H and O–H groups in total. The van der Waals surface area contributed by atoms with E-state index >= 15 is 0 Å². The summed E-state index contributed by atoms with van der Waals surface area (Å²) in [7, 11) is 0. The van der Waals surface area contributed by atoms with E-state index in [-0.39, 0.29) is 24.9 Å². The van der Waals surface area contributed by atoms with Crippen LogP contribution in [0.3, 0.4) is 0 Å². The molecule has 0 aromatic rings. The highest BCUT2D eigenvalue weighted by molar-refractivity contribution is 5.77. The lowest BCUT2D eigenvalue weighted by Gasteiger charge is -2.24. The maximum Gasteiger partial charge on any atom is 0.306 e. The van der Waals surface area contributed by atoms with Crippen molar-refractivity contribution in [3.8, 4) is 0 Å². The number of carbonyl (C=O) groups is 2. The average molecular weight is 794 g/mol. The van der Waals surface area contributed by atoms with Crippen molar-refractivity contribution in [1.82, 2.24) is 5.32 Å². The Balaban J connectivity index is 4.40. The molecule has 3 atom stereocenters. The van der Waals surface area contributed by atoms with Gasteiger partial charge in [0.15, 0.2) is 0 Å². The van der Waals surface area contributed by atoms with E-state index in [0.29, 0.717) is 19.3 Å². The second-order valence-corrected chi connectivity index (χ2v) is 17.6. The van der Waals surface area contributed by atoms with Crippen molar-refractivity contribution in [3.05, 3.63) is 0 Å². The number of amides is 1. The first kappa shape index (κ1) is 54.9. The minimum Gasteiger partial charge on any atom is -0.462 e. The maximum absolute atomic E-state index is 13.1.